The van der Waals surface area contributed by atoms with E-state index in [1.54, 1.807) is 0 Å². The number of hydrogen-bond acceptors (Lipinski definition) is 3. The lowest BCUT2D eigenvalue weighted by Crippen LogP contribution is -2.62. The molecule has 3 heteroatoms. The lowest BCUT2D eigenvalue weighted by atomic mass is 9.43. The predicted octanol–water partition coefficient (Wildman–Crippen LogP) is 4.89. The molecule has 0 bridgehead atoms. The summed E-state index contributed by atoms with van der Waals surface area (Å²) in [5.41, 5.74) is -0.518. The lowest BCUT2D eigenvalue weighted by Gasteiger charge is -2.63. The summed E-state index contributed by atoms with van der Waals surface area (Å²) in [7, 11) is 0. The normalized spacial score (nSPS) is 50.9. The number of rotatable bonds is 2. The summed E-state index contributed by atoms with van der Waals surface area (Å²) in [6.45, 7) is 6.96. The number of fused-ring (bicyclic) bond motifs is 5. The van der Waals surface area contributed by atoms with Crippen LogP contribution in [-0.2, 0) is 4.79 Å². The number of aliphatic hydroxyl groups is 1. The Morgan fingerprint density at radius 1 is 0.897 bits per heavy atom. The highest BCUT2D eigenvalue weighted by molar-refractivity contribution is 5.87. The average molecular weight is 400 g/mol. The van der Waals surface area contributed by atoms with Gasteiger partial charge in [0.1, 0.15) is 5.78 Å². The van der Waals surface area contributed by atoms with E-state index in [1.165, 1.54) is 19.3 Å². The molecule has 4 aliphatic carbocycles. The van der Waals surface area contributed by atoms with Crippen molar-refractivity contribution in [1.29, 1.82) is 0 Å². The Balaban J connectivity index is 1.32. The molecular formula is C26H41NO2. The van der Waals surface area contributed by atoms with E-state index in [4.69, 9.17) is 0 Å². The van der Waals surface area contributed by atoms with E-state index in [1.807, 2.05) is 0 Å². The first-order valence-corrected chi connectivity index (χ1v) is 12.5. The van der Waals surface area contributed by atoms with Gasteiger partial charge in [-0.05, 0) is 112 Å². The van der Waals surface area contributed by atoms with Crippen molar-refractivity contribution in [3.8, 4) is 0 Å². The van der Waals surface area contributed by atoms with E-state index in [2.05, 4.69) is 31.3 Å². The lowest BCUT2D eigenvalue weighted by molar-refractivity contribution is -0.207. The minimum atomic E-state index is -0.508. The van der Waals surface area contributed by atoms with Crippen molar-refractivity contribution >= 4 is 5.78 Å². The van der Waals surface area contributed by atoms with Crippen LogP contribution >= 0.6 is 0 Å². The van der Waals surface area contributed by atoms with E-state index in [0.29, 0.717) is 29.5 Å². The smallest absolute Gasteiger partial charge is 0.139 e. The van der Waals surface area contributed by atoms with Gasteiger partial charge in [-0.25, -0.2) is 0 Å². The second kappa shape index (κ2) is 7.19. The Bertz CT molecular complexity index is 682. The standard InChI is InChI=1S/C26H41NO2/c1-24-12-9-22-20(21(24)5-6-23(24)28)8-14-26(29)17-19(7-13-25(22,26)2)4-3-18-10-15-27-16-11-18/h3-4,18-22,27,29H,5-17H2,1-2H3/b4-3-/t19-,20+,21+,22+,24+,25-,26-/m1/s1. The molecule has 5 rings (SSSR count). The summed E-state index contributed by atoms with van der Waals surface area (Å²) < 4.78 is 0. The molecule has 5 fully saturated rings. The number of carbonyl (C=O) groups excluding carboxylic acids is 1. The Kier molecular flexibility index (Phi) is 5.02. The number of hydrogen-bond donors (Lipinski definition) is 2. The second-order valence-corrected chi connectivity index (χ2v) is 11.8. The topological polar surface area (TPSA) is 49.3 Å². The predicted molar refractivity (Wildman–Crippen MR) is 116 cm³/mol. The second-order valence-electron chi connectivity index (χ2n) is 11.8. The molecule has 2 N–H and O–H groups in total. The number of carbonyl (C=O) groups is 1. The minimum absolute atomic E-state index is 0.0436. The molecule has 1 saturated heterocycles. The van der Waals surface area contributed by atoms with Crippen LogP contribution in [0.5, 0.6) is 0 Å². The maximum Gasteiger partial charge on any atom is 0.139 e. The SMILES string of the molecule is C[C@]12CC[C@H]3[C@@H](CC[C@@]4(O)C[C@H](/C=C\C5CCNCC5)CC[C@]34C)[C@@H]1CCC2=O. The van der Waals surface area contributed by atoms with Crippen LogP contribution in [0.15, 0.2) is 12.2 Å². The summed E-state index contributed by atoms with van der Waals surface area (Å²) in [6, 6.07) is 0. The van der Waals surface area contributed by atoms with Gasteiger partial charge in [-0.2, -0.15) is 0 Å². The van der Waals surface area contributed by atoms with Crippen molar-refractivity contribution in [2.45, 2.75) is 90.1 Å². The van der Waals surface area contributed by atoms with E-state index in [-0.39, 0.29) is 10.8 Å². The maximum atomic E-state index is 12.6. The Morgan fingerprint density at radius 3 is 2.45 bits per heavy atom. The third kappa shape index (κ3) is 3.09. The number of allylic oxidation sites excluding steroid dienone is 2. The van der Waals surface area contributed by atoms with Gasteiger partial charge in [0.2, 0.25) is 0 Å². The molecule has 5 aliphatic rings. The van der Waals surface area contributed by atoms with Gasteiger partial charge >= 0.3 is 0 Å². The molecule has 3 nitrogen and oxygen atoms in total. The molecule has 162 valence electrons. The number of piperidine rings is 1. The molecular weight excluding hydrogens is 358 g/mol. The number of Topliss-reactive ketones (excluding diaryl/α,β-unsaturated/α-hetero) is 1. The summed E-state index contributed by atoms with van der Waals surface area (Å²) in [5.74, 6) is 3.64. The van der Waals surface area contributed by atoms with Gasteiger partial charge < -0.3 is 10.4 Å². The summed E-state index contributed by atoms with van der Waals surface area (Å²) in [4.78, 5) is 12.6. The quantitative estimate of drug-likeness (QED) is 0.650. The van der Waals surface area contributed by atoms with Gasteiger partial charge in [0.05, 0.1) is 5.60 Å². The van der Waals surface area contributed by atoms with Crippen molar-refractivity contribution in [3.05, 3.63) is 12.2 Å². The Hall–Kier alpha value is -0.670. The average Bonchev–Trinajstić information content (AvgIpc) is 3.02. The van der Waals surface area contributed by atoms with Crippen LogP contribution in [0.3, 0.4) is 0 Å². The maximum absolute atomic E-state index is 12.6. The Labute approximate surface area is 177 Å². The van der Waals surface area contributed by atoms with Gasteiger partial charge in [0.15, 0.2) is 0 Å². The van der Waals surface area contributed by atoms with E-state index < -0.39 is 5.60 Å². The van der Waals surface area contributed by atoms with E-state index in [9.17, 15) is 9.90 Å². The first-order chi connectivity index (χ1) is 13.9. The summed E-state index contributed by atoms with van der Waals surface area (Å²) in [6.07, 6.45) is 17.0. The molecule has 29 heavy (non-hydrogen) atoms. The number of nitrogens with one attached hydrogen (secondary N) is 1. The molecule has 0 aromatic rings. The van der Waals surface area contributed by atoms with Crippen LogP contribution < -0.4 is 5.32 Å². The first-order valence-electron chi connectivity index (χ1n) is 12.5. The van der Waals surface area contributed by atoms with Crippen molar-refractivity contribution in [3.63, 3.8) is 0 Å². The van der Waals surface area contributed by atoms with Crippen LogP contribution in [-0.4, -0.2) is 29.6 Å². The highest BCUT2D eigenvalue weighted by atomic mass is 16.3. The fraction of sp³-hybridized carbons (Fsp3) is 0.885. The van der Waals surface area contributed by atoms with Gasteiger partial charge in [0.25, 0.3) is 0 Å². The monoisotopic (exact) mass is 399 g/mol. The fourth-order valence-electron chi connectivity index (χ4n) is 8.58. The van der Waals surface area contributed by atoms with Gasteiger partial charge in [-0.15, -0.1) is 0 Å². The van der Waals surface area contributed by atoms with Gasteiger partial charge in [0, 0.05) is 11.8 Å². The van der Waals surface area contributed by atoms with E-state index in [0.717, 1.165) is 70.4 Å². The molecule has 0 aromatic heterocycles. The first kappa shape index (κ1) is 20.2. The van der Waals surface area contributed by atoms with Gasteiger partial charge in [-0.1, -0.05) is 26.0 Å². The summed E-state index contributed by atoms with van der Waals surface area (Å²) >= 11 is 0. The third-order valence-corrected chi connectivity index (χ3v) is 10.6. The fourth-order valence-corrected chi connectivity index (χ4v) is 8.58. The molecule has 0 radical (unpaired) electrons. The highest BCUT2D eigenvalue weighted by Crippen LogP contribution is 2.67. The van der Waals surface area contributed by atoms with Crippen LogP contribution in [0.1, 0.15) is 84.5 Å². The molecule has 1 heterocycles. The molecule has 7 atom stereocenters. The van der Waals surface area contributed by atoms with Crippen LogP contribution in [0, 0.1) is 40.4 Å². The molecule has 0 amide bonds. The van der Waals surface area contributed by atoms with Crippen molar-refractivity contribution in [1.82, 2.24) is 5.32 Å². The van der Waals surface area contributed by atoms with Crippen molar-refractivity contribution in [2.24, 2.45) is 40.4 Å². The Morgan fingerprint density at radius 2 is 1.66 bits per heavy atom. The van der Waals surface area contributed by atoms with Crippen molar-refractivity contribution in [2.75, 3.05) is 13.1 Å². The number of ketones is 1. The molecule has 0 spiro atoms. The highest BCUT2D eigenvalue weighted by Gasteiger charge is 2.64. The van der Waals surface area contributed by atoms with Crippen LogP contribution in [0.25, 0.3) is 0 Å². The zero-order chi connectivity index (χ0) is 20.3. The van der Waals surface area contributed by atoms with E-state index >= 15 is 0 Å². The third-order valence-electron chi connectivity index (χ3n) is 10.6. The molecule has 4 saturated carbocycles. The van der Waals surface area contributed by atoms with Gasteiger partial charge in [-0.3, -0.25) is 4.79 Å². The molecule has 0 unspecified atom stereocenters. The largest absolute Gasteiger partial charge is 0.389 e. The zero-order valence-corrected chi connectivity index (χ0v) is 18.6. The van der Waals surface area contributed by atoms with Crippen LogP contribution in [0.2, 0.25) is 0 Å². The minimum Gasteiger partial charge on any atom is -0.389 e. The molecule has 0 aromatic carbocycles. The summed E-state index contributed by atoms with van der Waals surface area (Å²) in [5, 5.41) is 15.4. The zero-order valence-electron chi connectivity index (χ0n) is 18.6. The van der Waals surface area contributed by atoms with Crippen molar-refractivity contribution < 1.29 is 9.90 Å². The van der Waals surface area contributed by atoms with Crippen LogP contribution in [0.4, 0.5) is 0 Å². The molecule has 1 aliphatic heterocycles.